The van der Waals surface area contributed by atoms with Crippen molar-refractivity contribution < 1.29 is 27.5 Å². The Bertz CT molecular complexity index is 512. The zero-order valence-electron chi connectivity index (χ0n) is 11.7. The molecule has 2 N–H and O–H groups in total. The van der Waals surface area contributed by atoms with Crippen LogP contribution in [0.1, 0.15) is 31.4 Å². The van der Waals surface area contributed by atoms with Gasteiger partial charge < -0.3 is 10.4 Å². The van der Waals surface area contributed by atoms with Gasteiger partial charge in [-0.05, 0) is 44.5 Å². The molecular formula is C14H17F4NO2. The molecule has 7 heteroatoms. The van der Waals surface area contributed by atoms with Gasteiger partial charge in [0.2, 0.25) is 0 Å². The van der Waals surface area contributed by atoms with Crippen molar-refractivity contribution in [1.82, 2.24) is 5.32 Å². The summed E-state index contributed by atoms with van der Waals surface area (Å²) in [5.74, 6) is -2.25. The summed E-state index contributed by atoms with van der Waals surface area (Å²) in [4.78, 5) is 10.9. The van der Waals surface area contributed by atoms with Gasteiger partial charge in [0.15, 0.2) is 0 Å². The van der Waals surface area contributed by atoms with Crippen LogP contribution in [-0.4, -0.2) is 17.6 Å². The van der Waals surface area contributed by atoms with Crippen LogP contribution in [-0.2, 0) is 17.5 Å². The number of carboxylic acids is 1. The van der Waals surface area contributed by atoms with E-state index < -0.39 is 28.9 Å². The molecule has 0 radical (unpaired) electrons. The van der Waals surface area contributed by atoms with E-state index in [-0.39, 0.29) is 12.1 Å². The van der Waals surface area contributed by atoms with Gasteiger partial charge in [-0.2, -0.15) is 13.2 Å². The molecule has 1 rings (SSSR count). The third-order valence-electron chi connectivity index (χ3n) is 3.17. The SMILES string of the molecule is CC(C)(CCNCc1ccc(F)c(C(F)(F)F)c1)C(=O)O. The fraction of sp³-hybridized carbons (Fsp3) is 0.500. The van der Waals surface area contributed by atoms with Crippen LogP contribution in [0, 0.1) is 11.2 Å². The van der Waals surface area contributed by atoms with E-state index in [0.29, 0.717) is 13.0 Å². The maximum Gasteiger partial charge on any atom is 0.419 e. The van der Waals surface area contributed by atoms with Gasteiger partial charge in [-0.1, -0.05) is 6.07 Å². The molecule has 0 unspecified atom stereocenters. The second-order valence-corrected chi connectivity index (χ2v) is 5.43. The molecule has 0 bridgehead atoms. The zero-order valence-corrected chi connectivity index (χ0v) is 11.7. The Kier molecular flexibility index (Phi) is 5.33. The lowest BCUT2D eigenvalue weighted by atomic mass is 9.90. The molecule has 0 aliphatic carbocycles. The highest BCUT2D eigenvalue weighted by Crippen LogP contribution is 2.31. The third-order valence-corrected chi connectivity index (χ3v) is 3.17. The molecule has 0 amide bonds. The summed E-state index contributed by atoms with van der Waals surface area (Å²) in [6.07, 6.45) is -4.40. The van der Waals surface area contributed by atoms with Gasteiger partial charge in [-0.25, -0.2) is 4.39 Å². The smallest absolute Gasteiger partial charge is 0.419 e. The molecule has 3 nitrogen and oxygen atoms in total. The molecule has 0 saturated heterocycles. The van der Waals surface area contributed by atoms with Crippen molar-refractivity contribution in [2.24, 2.45) is 5.41 Å². The lowest BCUT2D eigenvalue weighted by Gasteiger charge is -2.19. The molecule has 118 valence electrons. The van der Waals surface area contributed by atoms with Crippen molar-refractivity contribution in [2.75, 3.05) is 6.54 Å². The summed E-state index contributed by atoms with van der Waals surface area (Å²) in [5.41, 5.74) is -1.92. The van der Waals surface area contributed by atoms with Crippen LogP contribution in [0.15, 0.2) is 18.2 Å². The Morgan fingerprint density at radius 2 is 1.90 bits per heavy atom. The van der Waals surface area contributed by atoms with Crippen molar-refractivity contribution in [2.45, 2.75) is 33.0 Å². The van der Waals surface area contributed by atoms with E-state index in [1.807, 2.05) is 0 Å². The molecule has 0 aliphatic rings. The number of hydrogen-bond acceptors (Lipinski definition) is 2. The van der Waals surface area contributed by atoms with Crippen molar-refractivity contribution >= 4 is 5.97 Å². The van der Waals surface area contributed by atoms with Gasteiger partial charge in [-0.3, -0.25) is 4.79 Å². The van der Waals surface area contributed by atoms with Gasteiger partial charge in [0.1, 0.15) is 5.82 Å². The second kappa shape index (κ2) is 6.43. The van der Waals surface area contributed by atoms with Crippen molar-refractivity contribution in [3.63, 3.8) is 0 Å². The van der Waals surface area contributed by atoms with Gasteiger partial charge in [0.05, 0.1) is 11.0 Å². The number of nitrogens with one attached hydrogen (secondary N) is 1. The Morgan fingerprint density at radius 3 is 2.43 bits per heavy atom. The Labute approximate surface area is 120 Å². The topological polar surface area (TPSA) is 49.3 Å². The van der Waals surface area contributed by atoms with Gasteiger partial charge in [0.25, 0.3) is 0 Å². The highest BCUT2D eigenvalue weighted by atomic mass is 19.4. The summed E-state index contributed by atoms with van der Waals surface area (Å²) in [7, 11) is 0. The largest absolute Gasteiger partial charge is 0.481 e. The Balaban J connectivity index is 2.60. The van der Waals surface area contributed by atoms with Crippen molar-refractivity contribution in [3.05, 3.63) is 35.1 Å². The van der Waals surface area contributed by atoms with Crippen LogP contribution >= 0.6 is 0 Å². The summed E-state index contributed by atoms with van der Waals surface area (Å²) in [6, 6.07) is 2.80. The Hall–Kier alpha value is -1.63. The van der Waals surface area contributed by atoms with Crippen LogP contribution in [0.3, 0.4) is 0 Å². The molecule has 0 aliphatic heterocycles. The minimum Gasteiger partial charge on any atom is -0.481 e. The quantitative estimate of drug-likeness (QED) is 0.625. The molecule has 0 fully saturated rings. The predicted octanol–water partition coefficient (Wildman–Crippen LogP) is 3.44. The van der Waals surface area contributed by atoms with Gasteiger partial charge in [0, 0.05) is 6.54 Å². The predicted molar refractivity (Wildman–Crippen MR) is 69.1 cm³/mol. The van der Waals surface area contributed by atoms with E-state index in [1.54, 1.807) is 13.8 Å². The average Bonchev–Trinajstić information content (AvgIpc) is 2.34. The first-order chi connectivity index (χ1) is 9.54. The third kappa shape index (κ3) is 5.00. The number of aliphatic carboxylic acids is 1. The average molecular weight is 307 g/mol. The number of rotatable bonds is 6. The maximum atomic E-state index is 13.1. The summed E-state index contributed by atoms with van der Waals surface area (Å²) >= 11 is 0. The number of hydrogen-bond donors (Lipinski definition) is 2. The maximum absolute atomic E-state index is 13.1. The molecule has 21 heavy (non-hydrogen) atoms. The van der Waals surface area contributed by atoms with E-state index in [4.69, 9.17) is 5.11 Å². The number of carboxylic acid groups (broad SMARTS) is 1. The fourth-order valence-corrected chi connectivity index (χ4v) is 1.64. The van der Waals surface area contributed by atoms with Crippen LogP contribution in [0.25, 0.3) is 0 Å². The normalized spacial score (nSPS) is 12.5. The molecule has 0 saturated carbocycles. The molecule has 0 aromatic heterocycles. The van der Waals surface area contributed by atoms with Crippen molar-refractivity contribution in [3.8, 4) is 0 Å². The zero-order chi connectivity index (χ0) is 16.3. The molecule has 0 atom stereocenters. The summed E-state index contributed by atoms with van der Waals surface area (Å²) < 4.78 is 50.7. The van der Waals surface area contributed by atoms with Gasteiger partial charge >= 0.3 is 12.1 Å². The minimum absolute atomic E-state index is 0.110. The van der Waals surface area contributed by atoms with Crippen LogP contribution < -0.4 is 5.32 Å². The van der Waals surface area contributed by atoms with E-state index >= 15 is 0 Å². The monoisotopic (exact) mass is 307 g/mol. The van der Waals surface area contributed by atoms with E-state index in [0.717, 1.165) is 12.1 Å². The summed E-state index contributed by atoms with van der Waals surface area (Å²) in [5, 5.41) is 11.8. The van der Waals surface area contributed by atoms with E-state index in [2.05, 4.69) is 5.32 Å². The fourth-order valence-electron chi connectivity index (χ4n) is 1.64. The van der Waals surface area contributed by atoms with Crippen LogP contribution in [0.4, 0.5) is 17.6 Å². The number of alkyl halides is 3. The molecular weight excluding hydrogens is 290 g/mol. The molecule has 1 aromatic rings. The molecule has 0 heterocycles. The Morgan fingerprint density at radius 1 is 1.29 bits per heavy atom. The number of benzene rings is 1. The van der Waals surface area contributed by atoms with Crippen LogP contribution in [0.2, 0.25) is 0 Å². The lowest BCUT2D eigenvalue weighted by Crippen LogP contribution is -2.28. The minimum atomic E-state index is -4.73. The first-order valence-corrected chi connectivity index (χ1v) is 6.34. The first-order valence-electron chi connectivity index (χ1n) is 6.34. The molecule has 0 spiro atoms. The van der Waals surface area contributed by atoms with E-state index in [1.165, 1.54) is 6.07 Å². The first kappa shape index (κ1) is 17.4. The van der Waals surface area contributed by atoms with Crippen molar-refractivity contribution in [1.29, 1.82) is 0 Å². The van der Waals surface area contributed by atoms with Gasteiger partial charge in [-0.15, -0.1) is 0 Å². The molecule has 1 aromatic carbocycles. The number of carbonyl (C=O) groups is 1. The second-order valence-electron chi connectivity index (χ2n) is 5.43. The lowest BCUT2D eigenvalue weighted by molar-refractivity contribution is -0.147. The summed E-state index contributed by atoms with van der Waals surface area (Å²) in [6.45, 7) is 3.57. The highest BCUT2D eigenvalue weighted by Gasteiger charge is 2.34. The highest BCUT2D eigenvalue weighted by molar-refractivity contribution is 5.73. The number of halogens is 4. The van der Waals surface area contributed by atoms with E-state index in [9.17, 15) is 22.4 Å². The standard InChI is InChI=1S/C14H17F4NO2/c1-13(2,12(20)21)5-6-19-8-9-3-4-11(15)10(7-9)14(16,17)18/h3-4,7,19H,5-6,8H2,1-2H3,(H,20,21). The van der Waals surface area contributed by atoms with Crippen LogP contribution in [0.5, 0.6) is 0 Å².